The molecular formula is C62H46. The van der Waals surface area contributed by atoms with Crippen LogP contribution < -0.4 is 0 Å². The van der Waals surface area contributed by atoms with E-state index in [2.05, 4.69) is 279 Å². The van der Waals surface area contributed by atoms with Crippen LogP contribution in [0.5, 0.6) is 0 Å². The Bertz CT molecular complexity index is 2660. The van der Waals surface area contributed by atoms with Crippen LogP contribution in [-0.2, 0) is 0 Å². The van der Waals surface area contributed by atoms with Gasteiger partial charge in [-0.3, -0.25) is 0 Å². The minimum absolute atomic E-state index is 1.14. The second-order valence-electron chi connectivity index (χ2n) is 15.2. The first-order chi connectivity index (χ1) is 30.8. The molecule has 9 rings (SSSR count). The number of hydrogen-bond acceptors (Lipinski definition) is 0. The summed E-state index contributed by atoms with van der Waals surface area (Å²) >= 11 is 0. The van der Waals surface area contributed by atoms with E-state index < -0.39 is 0 Å². The molecule has 62 heavy (non-hydrogen) atoms. The zero-order chi connectivity index (χ0) is 41.8. The summed E-state index contributed by atoms with van der Waals surface area (Å²) in [4.78, 5) is 0. The molecule has 0 N–H and O–H groups in total. The van der Waals surface area contributed by atoms with Gasteiger partial charge in [-0.15, -0.1) is 0 Å². The van der Waals surface area contributed by atoms with Crippen LogP contribution in [0.1, 0.15) is 66.8 Å². The Morgan fingerprint density at radius 3 is 0.597 bits per heavy atom. The lowest BCUT2D eigenvalue weighted by Gasteiger charge is -2.18. The molecule has 0 fully saturated rings. The molecule has 0 saturated carbocycles. The molecule has 0 unspecified atom stereocenters. The highest BCUT2D eigenvalue weighted by molar-refractivity contribution is 6.05. The van der Waals surface area contributed by atoms with Crippen molar-refractivity contribution in [2.75, 3.05) is 0 Å². The molecule has 0 radical (unpaired) electrons. The van der Waals surface area contributed by atoms with Gasteiger partial charge in [0.05, 0.1) is 0 Å². The molecule has 0 aromatic heterocycles. The van der Waals surface area contributed by atoms with Gasteiger partial charge in [-0.05, 0) is 89.1 Å². The maximum absolute atomic E-state index is 2.25. The molecule has 294 valence electrons. The van der Waals surface area contributed by atoms with Gasteiger partial charge in [-0.1, -0.05) is 279 Å². The third-order valence-electron chi connectivity index (χ3n) is 11.2. The second kappa shape index (κ2) is 19.3. The van der Waals surface area contributed by atoms with Gasteiger partial charge in [0.2, 0.25) is 0 Å². The summed E-state index contributed by atoms with van der Waals surface area (Å²) < 4.78 is 0. The second-order valence-corrected chi connectivity index (χ2v) is 15.2. The molecule has 0 aliphatic heterocycles. The van der Waals surface area contributed by atoms with Gasteiger partial charge < -0.3 is 0 Å². The van der Waals surface area contributed by atoms with Crippen LogP contribution in [0.3, 0.4) is 0 Å². The van der Waals surface area contributed by atoms with Gasteiger partial charge in [-0.25, -0.2) is 0 Å². The summed E-state index contributed by atoms with van der Waals surface area (Å²) in [5.41, 5.74) is 18.9. The van der Waals surface area contributed by atoms with Gasteiger partial charge in [0, 0.05) is 0 Å². The minimum Gasteiger partial charge on any atom is -0.0622 e. The Kier molecular flexibility index (Phi) is 12.3. The fourth-order valence-electron chi connectivity index (χ4n) is 8.16. The Hall–Kier alpha value is -8.06. The lowest BCUT2D eigenvalue weighted by molar-refractivity contribution is 1.50. The molecule has 0 heteroatoms. The van der Waals surface area contributed by atoms with E-state index in [1.807, 2.05) is 0 Å². The van der Waals surface area contributed by atoms with E-state index in [-0.39, 0.29) is 0 Å². The molecule has 0 atom stereocenters. The third-order valence-corrected chi connectivity index (χ3v) is 11.2. The third kappa shape index (κ3) is 9.21. The number of rotatable bonds is 12. The predicted octanol–water partition coefficient (Wildman–Crippen LogP) is 16.0. The molecule has 0 aliphatic rings. The van der Waals surface area contributed by atoms with Crippen LogP contribution in [-0.4, -0.2) is 0 Å². The molecule has 0 nitrogen and oxygen atoms in total. The van der Waals surface area contributed by atoms with Gasteiger partial charge in [0.15, 0.2) is 0 Å². The zero-order valence-corrected chi connectivity index (χ0v) is 34.6. The fraction of sp³-hybridized carbons (Fsp3) is 0. The van der Waals surface area contributed by atoms with E-state index in [1.54, 1.807) is 0 Å². The highest BCUT2D eigenvalue weighted by Gasteiger charge is 2.17. The van der Waals surface area contributed by atoms with E-state index in [0.29, 0.717) is 0 Å². The van der Waals surface area contributed by atoms with Crippen molar-refractivity contribution in [3.05, 3.63) is 322 Å². The largest absolute Gasteiger partial charge is 0.0622 e. The van der Waals surface area contributed by atoms with E-state index in [9.17, 15) is 0 Å². The van der Waals surface area contributed by atoms with Crippen molar-refractivity contribution >= 4 is 46.6 Å². The van der Waals surface area contributed by atoms with Gasteiger partial charge in [0.25, 0.3) is 0 Å². The highest BCUT2D eigenvalue weighted by Crippen LogP contribution is 2.38. The molecule has 0 spiro atoms. The Labute approximate surface area is 366 Å². The molecule has 0 bridgehead atoms. The lowest BCUT2D eigenvalue weighted by Crippen LogP contribution is -1.97. The molecule has 0 heterocycles. The first kappa shape index (κ1) is 39.4. The summed E-state index contributed by atoms with van der Waals surface area (Å²) in [7, 11) is 0. The summed E-state index contributed by atoms with van der Waals surface area (Å²) in [5.74, 6) is 0. The zero-order valence-electron chi connectivity index (χ0n) is 34.6. The van der Waals surface area contributed by atoms with Crippen molar-refractivity contribution in [1.82, 2.24) is 0 Å². The van der Waals surface area contributed by atoms with Crippen molar-refractivity contribution in [3.8, 4) is 0 Å². The summed E-state index contributed by atoms with van der Waals surface area (Å²) in [6, 6.07) is 90.9. The quantitative estimate of drug-likeness (QED) is 0.108. The molecule has 9 aromatic rings. The van der Waals surface area contributed by atoms with Gasteiger partial charge in [0.1, 0.15) is 0 Å². The van der Waals surface area contributed by atoms with Crippen LogP contribution in [0.2, 0.25) is 0 Å². The van der Waals surface area contributed by atoms with Crippen molar-refractivity contribution in [1.29, 1.82) is 0 Å². The summed E-state index contributed by atoms with van der Waals surface area (Å²) in [5, 5.41) is 0. The molecule has 0 aliphatic carbocycles. The molecule has 9 aromatic carbocycles. The number of benzene rings is 9. The molecule has 0 amide bonds. The maximum Gasteiger partial charge on any atom is -0.00268 e. The standard InChI is InChI=1S/C62H46/c1-7-23-51(24-8-1)59(52-25-9-2-10-26-52)61(55-31-15-5-16-32-55)57-43-37-47(38-44-57)35-41-49-21-19-20-22-50(49)42-36-48-39-45-58(46-40-48)62(56-33-17-6-18-34-56)60(53-27-11-3-12-28-53)54-29-13-4-14-30-54/h1-46H. The Morgan fingerprint density at radius 2 is 0.371 bits per heavy atom. The van der Waals surface area contributed by atoms with E-state index >= 15 is 0 Å². The minimum atomic E-state index is 1.14. The van der Waals surface area contributed by atoms with Crippen molar-refractivity contribution < 1.29 is 0 Å². The lowest BCUT2D eigenvalue weighted by atomic mass is 9.85. The van der Waals surface area contributed by atoms with Crippen LogP contribution in [0, 0.1) is 0 Å². The Morgan fingerprint density at radius 1 is 0.177 bits per heavy atom. The predicted molar refractivity (Wildman–Crippen MR) is 266 cm³/mol. The molecule has 0 saturated heterocycles. The van der Waals surface area contributed by atoms with Crippen LogP contribution in [0.25, 0.3) is 46.6 Å². The van der Waals surface area contributed by atoms with Crippen LogP contribution in [0.4, 0.5) is 0 Å². The van der Waals surface area contributed by atoms with Crippen molar-refractivity contribution in [2.24, 2.45) is 0 Å². The smallest absolute Gasteiger partial charge is 0.00268 e. The highest BCUT2D eigenvalue weighted by atomic mass is 14.2. The van der Waals surface area contributed by atoms with Crippen LogP contribution >= 0.6 is 0 Å². The van der Waals surface area contributed by atoms with Gasteiger partial charge in [-0.2, -0.15) is 0 Å². The first-order valence-electron chi connectivity index (χ1n) is 21.3. The summed E-state index contributed by atoms with van der Waals surface area (Å²) in [6.45, 7) is 0. The topological polar surface area (TPSA) is 0 Å². The van der Waals surface area contributed by atoms with E-state index in [0.717, 1.165) is 22.3 Å². The number of hydrogen-bond donors (Lipinski definition) is 0. The first-order valence-corrected chi connectivity index (χ1v) is 21.3. The maximum atomic E-state index is 2.25. The fourth-order valence-corrected chi connectivity index (χ4v) is 8.16. The average molecular weight is 791 g/mol. The summed E-state index contributed by atoms with van der Waals surface area (Å²) in [6.07, 6.45) is 8.86. The Balaban J connectivity index is 1.01. The normalized spacial score (nSPS) is 11.1. The molecular weight excluding hydrogens is 745 g/mol. The monoisotopic (exact) mass is 790 g/mol. The van der Waals surface area contributed by atoms with Crippen LogP contribution in [0.15, 0.2) is 255 Å². The average Bonchev–Trinajstić information content (AvgIpc) is 3.36. The van der Waals surface area contributed by atoms with Crippen molar-refractivity contribution in [2.45, 2.75) is 0 Å². The van der Waals surface area contributed by atoms with Gasteiger partial charge >= 0.3 is 0 Å². The SMILES string of the molecule is C(=Cc1ccccc1C=Cc1ccc(C(=C(c2ccccc2)c2ccccc2)c2ccccc2)cc1)c1ccc(C(=C(c2ccccc2)c2ccccc2)c2ccccc2)cc1. The van der Waals surface area contributed by atoms with Crippen molar-refractivity contribution in [3.63, 3.8) is 0 Å². The van der Waals surface area contributed by atoms with E-state index in [4.69, 9.17) is 0 Å². The van der Waals surface area contributed by atoms with E-state index in [1.165, 1.54) is 66.8 Å².